The van der Waals surface area contributed by atoms with Gasteiger partial charge < -0.3 is 15.4 Å². The summed E-state index contributed by atoms with van der Waals surface area (Å²) in [7, 11) is 0. The maximum absolute atomic E-state index is 12.0. The first-order valence-electron chi connectivity index (χ1n) is 9.00. The predicted octanol–water partition coefficient (Wildman–Crippen LogP) is 5.00. The average molecular weight is 340 g/mol. The van der Waals surface area contributed by atoms with Crippen LogP contribution >= 0.6 is 0 Å². The molecular formula is C21H28N2O2. The van der Waals surface area contributed by atoms with Crippen molar-refractivity contribution in [2.45, 2.75) is 39.5 Å². The highest BCUT2D eigenvalue weighted by molar-refractivity contribution is 5.93. The number of ether oxygens (including phenoxy) is 1. The first-order valence-corrected chi connectivity index (χ1v) is 9.00. The maximum Gasteiger partial charge on any atom is 0.243 e. The zero-order valence-corrected chi connectivity index (χ0v) is 15.2. The molecule has 0 saturated heterocycles. The molecule has 0 bridgehead atoms. The Balaban J connectivity index is 1.70. The quantitative estimate of drug-likeness (QED) is 0.598. The minimum Gasteiger partial charge on any atom is -0.494 e. The van der Waals surface area contributed by atoms with E-state index in [4.69, 9.17) is 4.74 Å². The van der Waals surface area contributed by atoms with Gasteiger partial charge in [0.05, 0.1) is 13.2 Å². The SMILES string of the molecule is CCCCCCOc1ccc(NC(=O)CNc2ccc(C)cc2)cc1. The van der Waals surface area contributed by atoms with Crippen LogP contribution in [0.1, 0.15) is 38.2 Å². The molecule has 0 heterocycles. The number of anilines is 2. The monoisotopic (exact) mass is 340 g/mol. The Bertz CT molecular complexity index is 636. The van der Waals surface area contributed by atoms with Crippen LogP contribution in [0.25, 0.3) is 0 Å². The number of hydrogen-bond donors (Lipinski definition) is 2. The molecule has 2 N–H and O–H groups in total. The van der Waals surface area contributed by atoms with Gasteiger partial charge in [-0.15, -0.1) is 0 Å². The van der Waals surface area contributed by atoms with Gasteiger partial charge in [0.2, 0.25) is 5.91 Å². The van der Waals surface area contributed by atoms with E-state index in [-0.39, 0.29) is 12.5 Å². The van der Waals surface area contributed by atoms with Crippen LogP contribution < -0.4 is 15.4 Å². The van der Waals surface area contributed by atoms with E-state index in [1.807, 2.05) is 55.5 Å². The lowest BCUT2D eigenvalue weighted by atomic mass is 10.2. The lowest BCUT2D eigenvalue weighted by Crippen LogP contribution is -2.21. The molecule has 1 amide bonds. The molecule has 134 valence electrons. The third kappa shape index (κ3) is 7.29. The van der Waals surface area contributed by atoms with Gasteiger partial charge in [0, 0.05) is 11.4 Å². The van der Waals surface area contributed by atoms with Crippen LogP contribution in [-0.4, -0.2) is 19.1 Å². The second-order valence-corrected chi connectivity index (χ2v) is 6.20. The molecule has 0 aromatic heterocycles. The fraction of sp³-hybridized carbons (Fsp3) is 0.381. The van der Waals surface area contributed by atoms with Crippen LogP contribution in [0.4, 0.5) is 11.4 Å². The highest BCUT2D eigenvalue weighted by atomic mass is 16.5. The molecule has 0 aliphatic rings. The Morgan fingerprint density at radius 3 is 2.28 bits per heavy atom. The highest BCUT2D eigenvalue weighted by Crippen LogP contribution is 2.16. The average Bonchev–Trinajstić information content (AvgIpc) is 2.62. The number of amides is 1. The predicted molar refractivity (Wildman–Crippen MR) is 104 cm³/mol. The fourth-order valence-electron chi connectivity index (χ4n) is 2.41. The smallest absolute Gasteiger partial charge is 0.243 e. The fourth-order valence-corrected chi connectivity index (χ4v) is 2.41. The molecule has 0 spiro atoms. The minimum absolute atomic E-state index is 0.0752. The van der Waals surface area contributed by atoms with E-state index in [9.17, 15) is 4.79 Å². The molecule has 0 radical (unpaired) electrons. The summed E-state index contributed by atoms with van der Waals surface area (Å²) in [6.45, 7) is 5.21. The van der Waals surface area contributed by atoms with Crippen LogP contribution in [0.15, 0.2) is 48.5 Å². The molecule has 4 heteroatoms. The van der Waals surface area contributed by atoms with E-state index < -0.39 is 0 Å². The molecule has 0 aliphatic heterocycles. The largest absolute Gasteiger partial charge is 0.494 e. The third-order valence-corrected chi connectivity index (χ3v) is 3.91. The van der Waals surface area contributed by atoms with Gasteiger partial charge in [-0.05, 0) is 49.7 Å². The summed E-state index contributed by atoms with van der Waals surface area (Å²) in [5, 5.41) is 5.99. The molecule has 4 nitrogen and oxygen atoms in total. The van der Waals surface area contributed by atoms with Gasteiger partial charge in [-0.3, -0.25) is 4.79 Å². The Kier molecular flexibility index (Phi) is 7.83. The zero-order valence-electron chi connectivity index (χ0n) is 15.2. The summed E-state index contributed by atoms with van der Waals surface area (Å²) < 4.78 is 5.70. The van der Waals surface area contributed by atoms with Gasteiger partial charge in [0.1, 0.15) is 5.75 Å². The van der Waals surface area contributed by atoms with Crippen molar-refractivity contribution in [2.75, 3.05) is 23.8 Å². The molecule has 0 atom stereocenters. The number of benzene rings is 2. The van der Waals surface area contributed by atoms with Crippen molar-refractivity contribution >= 4 is 17.3 Å². The zero-order chi connectivity index (χ0) is 17.9. The van der Waals surface area contributed by atoms with Gasteiger partial charge in [-0.1, -0.05) is 43.9 Å². The van der Waals surface area contributed by atoms with E-state index in [1.165, 1.54) is 24.8 Å². The number of carbonyl (C=O) groups is 1. The van der Waals surface area contributed by atoms with Crippen LogP contribution in [0.5, 0.6) is 5.75 Å². The van der Waals surface area contributed by atoms with Crippen molar-refractivity contribution in [3.8, 4) is 5.75 Å². The number of rotatable bonds is 10. The topological polar surface area (TPSA) is 50.4 Å². The Hall–Kier alpha value is -2.49. The summed E-state index contributed by atoms with van der Waals surface area (Å²) in [4.78, 5) is 12.0. The number of nitrogens with one attached hydrogen (secondary N) is 2. The lowest BCUT2D eigenvalue weighted by Gasteiger charge is -2.09. The lowest BCUT2D eigenvalue weighted by molar-refractivity contribution is -0.114. The Morgan fingerprint density at radius 2 is 1.60 bits per heavy atom. The molecule has 0 saturated carbocycles. The first kappa shape index (κ1) is 18.8. The summed E-state index contributed by atoms with van der Waals surface area (Å²) in [6, 6.07) is 15.5. The molecule has 0 fully saturated rings. The van der Waals surface area contributed by atoms with Gasteiger partial charge in [0.25, 0.3) is 0 Å². The van der Waals surface area contributed by atoms with Crippen molar-refractivity contribution in [3.05, 3.63) is 54.1 Å². The van der Waals surface area contributed by atoms with Crippen LogP contribution in [0, 0.1) is 6.92 Å². The summed E-state index contributed by atoms with van der Waals surface area (Å²) >= 11 is 0. The van der Waals surface area contributed by atoms with Gasteiger partial charge in [-0.2, -0.15) is 0 Å². The summed E-state index contributed by atoms with van der Waals surface area (Å²) in [6.07, 6.45) is 4.77. The molecule has 0 unspecified atom stereocenters. The second-order valence-electron chi connectivity index (χ2n) is 6.20. The van der Waals surface area contributed by atoms with Crippen LogP contribution in [-0.2, 0) is 4.79 Å². The van der Waals surface area contributed by atoms with E-state index in [2.05, 4.69) is 17.6 Å². The normalized spacial score (nSPS) is 10.3. The molecule has 0 aliphatic carbocycles. The summed E-state index contributed by atoms with van der Waals surface area (Å²) in [5.74, 6) is 0.765. The summed E-state index contributed by atoms with van der Waals surface area (Å²) in [5.41, 5.74) is 2.91. The van der Waals surface area contributed by atoms with E-state index >= 15 is 0 Å². The van der Waals surface area contributed by atoms with Crippen LogP contribution in [0.2, 0.25) is 0 Å². The molecule has 2 aromatic rings. The van der Waals surface area contributed by atoms with Gasteiger partial charge in [0.15, 0.2) is 0 Å². The Morgan fingerprint density at radius 1 is 0.920 bits per heavy atom. The highest BCUT2D eigenvalue weighted by Gasteiger charge is 2.03. The van der Waals surface area contributed by atoms with Gasteiger partial charge in [-0.25, -0.2) is 0 Å². The maximum atomic E-state index is 12.0. The van der Waals surface area contributed by atoms with Crippen molar-refractivity contribution in [3.63, 3.8) is 0 Å². The van der Waals surface area contributed by atoms with Crippen molar-refractivity contribution < 1.29 is 9.53 Å². The number of carbonyl (C=O) groups excluding carboxylic acids is 1. The van der Waals surface area contributed by atoms with E-state index in [1.54, 1.807) is 0 Å². The van der Waals surface area contributed by atoms with E-state index in [0.29, 0.717) is 0 Å². The van der Waals surface area contributed by atoms with E-state index in [0.717, 1.165) is 30.2 Å². The number of hydrogen-bond acceptors (Lipinski definition) is 3. The minimum atomic E-state index is -0.0752. The van der Waals surface area contributed by atoms with Crippen molar-refractivity contribution in [2.24, 2.45) is 0 Å². The Labute approximate surface area is 150 Å². The van der Waals surface area contributed by atoms with Gasteiger partial charge >= 0.3 is 0 Å². The second kappa shape index (κ2) is 10.4. The molecule has 2 rings (SSSR count). The van der Waals surface area contributed by atoms with Crippen molar-refractivity contribution in [1.29, 1.82) is 0 Å². The standard InChI is InChI=1S/C21H28N2O2/c1-3-4-5-6-15-25-20-13-11-19(12-14-20)23-21(24)16-22-18-9-7-17(2)8-10-18/h7-14,22H,3-6,15-16H2,1-2H3,(H,23,24). The first-order chi connectivity index (χ1) is 12.2. The molecular weight excluding hydrogens is 312 g/mol. The third-order valence-electron chi connectivity index (χ3n) is 3.91. The number of aryl methyl sites for hydroxylation is 1. The molecule has 25 heavy (non-hydrogen) atoms. The number of unbranched alkanes of at least 4 members (excludes halogenated alkanes) is 3. The molecule has 2 aromatic carbocycles. The van der Waals surface area contributed by atoms with Crippen molar-refractivity contribution in [1.82, 2.24) is 0 Å². The van der Waals surface area contributed by atoms with Crippen LogP contribution in [0.3, 0.4) is 0 Å².